The first kappa shape index (κ1) is 19.8. The third-order valence-corrected chi connectivity index (χ3v) is 3.60. The van der Waals surface area contributed by atoms with Gasteiger partial charge in [0.1, 0.15) is 5.60 Å². The molecule has 0 saturated carbocycles. The Morgan fingerprint density at radius 2 is 1.77 bits per heavy atom. The number of hydrogen-bond donors (Lipinski definition) is 1. The molecule has 1 unspecified atom stereocenters. The van der Waals surface area contributed by atoms with Gasteiger partial charge in [0.05, 0.1) is 0 Å². The van der Waals surface area contributed by atoms with E-state index in [9.17, 15) is 18.0 Å². The van der Waals surface area contributed by atoms with E-state index >= 15 is 0 Å². The van der Waals surface area contributed by atoms with Crippen LogP contribution in [0.2, 0.25) is 0 Å². The van der Waals surface area contributed by atoms with E-state index in [-0.39, 0.29) is 5.56 Å². The first-order valence-electron chi connectivity index (χ1n) is 8.05. The number of hydrogen-bond acceptors (Lipinski definition) is 3. The molecule has 1 aromatic carbocycles. The molecule has 5 nitrogen and oxygen atoms in total. The van der Waals surface area contributed by atoms with E-state index in [0.29, 0.717) is 16.8 Å². The summed E-state index contributed by atoms with van der Waals surface area (Å²) in [6, 6.07) is 2.35. The van der Waals surface area contributed by atoms with Gasteiger partial charge in [0.25, 0.3) is 0 Å². The van der Waals surface area contributed by atoms with E-state index < -0.39 is 23.9 Å². The van der Waals surface area contributed by atoms with E-state index in [2.05, 4.69) is 10.4 Å². The van der Waals surface area contributed by atoms with Crippen LogP contribution in [0.15, 0.2) is 30.6 Å². The number of carbonyl (C=O) groups excluding carboxylic acids is 1. The Kier molecular flexibility index (Phi) is 5.34. The Bertz CT molecular complexity index is 755. The van der Waals surface area contributed by atoms with Gasteiger partial charge in [-0.3, -0.25) is 10.00 Å². The lowest BCUT2D eigenvalue weighted by Gasteiger charge is -2.24. The lowest BCUT2D eigenvalue weighted by atomic mass is 9.99. The molecule has 0 bridgehead atoms. The van der Waals surface area contributed by atoms with Gasteiger partial charge in [-0.2, -0.15) is 18.3 Å². The first-order valence-corrected chi connectivity index (χ1v) is 8.05. The molecular weight excluding hydrogens is 347 g/mol. The number of amides is 1. The molecule has 8 heteroatoms. The van der Waals surface area contributed by atoms with Crippen LogP contribution >= 0.6 is 0 Å². The molecule has 1 atom stereocenters. The summed E-state index contributed by atoms with van der Waals surface area (Å²) in [6.07, 6.45) is -2.59. The van der Waals surface area contributed by atoms with Crippen molar-refractivity contribution in [2.45, 2.75) is 52.4 Å². The normalized spacial score (nSPS) is 13.4. The van der Waals surface area contributed by atoms with Crippen LogP contribution in [0.3, 0.4) is 0 Å². The number of anilines is 1. The summed E-state index contributed by atoms with van der Waals surface area (Å²) in [6.45, 7) is 8.47. The molecule has 1 aromatic heterocycles. The summed E-state index contributed by atoms with van der Waals surface area (Å²) >= 11 is 0. The highest BCUT2D eigenvalue weighted by atomic mass is 19.4. The Morgan fingerprint density at radius 3 is 2.19 bits per heavy atom. The van der Waals surface area contributed by atoms with Gasteiger partial charge in [-0.15, -0.1) is 0 Å². The Hall–Kier alpha value is -2.51. The zero-order chi connectivity index (χ0) is 19.7. The van der Waals surface area contributed by atoms with Crippen LogP contribution in [-0.4, -0.2) is 27.7 Å². The van der Waals surface area contributed by atoms with Gasteiger partial charge < -0.3 is 4.74 Å². The zero-order valence-electron chi connectivity index (χ0n) is 15.3. The number of nitrogens with zero attached hydrogens (tertiary/aromatic N) is 2. The molecule has 0 aliphatic heterocycles. The number of aryl methyl sites for hydroxylation is 2. The summed E-state index contributed by atoms with van der Waals surface area (Å²) < 4.78 is 46.8. The number of carbonyl (C=O) groups is 1. The molecule has 1 amide bonds. The largest absolute Gasteiger partial charge is 0.444 e. The second-order valence-electron chi connectivity index (χ2n) is 7.09. The third kappa shape index (κ3) is 4.77. The van der Waals surface area contributed by atoms with Gasteiger partial charge in [0.2, 0.25) is 0 Å². The average molecular weight is 369 g/mol. The van der Waals surface area contributed by atoms with Gasteiger partial charge >= 0.3 is 12.3 Å². The smallest absolute Gasteiger partial charge is 0.415 e. The molecule has 0 saturated heterocycles. The van der Waals surface area contributed by atoms with Crippen molar-refractivity contribution in [1.29, 1.82) is 0 Å². The second kappa shape index (κ2) is 7.01. The van der Waals surface area contributed by atoms with Crippen LogP contribution in [-0.2, 0) is 4.74 Å². The fourth-order valence-electron chi connectivity index (χ4n) is 2.68. The highest BCUT2D eigenvalue weighted by molar-refractivity contribution is 5.87. The maximum Gasteiger partial charge on any atom is 0.415 e. The molecule has 0 spiro atoms. The minimum Gasteiger partial charge on any atom is -0.444 e. The SMILES string of the molecule is Cc1cc(C(n2cccn2)C(F)(F)F)cc(C)c1NC(=O)OC(C)(C)C. The van der Waals surface area contributed by atoms with Crippen LogP contribution in [0, 0.1) is 13.8 Å². The number of benzene rings is 1. The molecule has 0 aliphatic rings. The Balaban J connectivity index is 2.37. The zero-order valence-corrected chi connectivity index (χ0v) is 15.3. The number of nitrogens with one attached hydrogen (secondary N) is 1. The average Bonchev–Trinajstić information content (AvgIpc) is 2.93. The molecule has 0 aliphatic carbocycles. The van der Waals surface area contributed by atoms with E-state index in [1.54, 1.807) is 34.6 Å². The standard InChI is InChI=1S/C18H22F3N3O2/c1-11-9-13(15(18(19,20)21)24-8-6-7-22-24)10-12(2)14(11)23-16(25)26-17(3,4)5/h6-10,15H,1-5H3,(H,23,25). The summed E-state index contributed by atoms with van der Waals surface area (Å²) in [5, 5.41) is 6.35. The predicted molar refractivity (Wildman–Crippen MR) is 92.2 cm³/mol. The van der Waals surface area contributed by atoms with Gasteiger partial charge in [0, 0.05) is 18.1 Å². The Labute approximate surface area is 150 Å². The fraction of sp³-hybridized carbons (Fsp3) is 0.444. The van der Waals surface area contributed by atoms with Crippen molar-refractivity contribution in [1.82, 2.24) is 9.78 Å². The molecule has 2 rings (SSSR count). The van der Waals surface area contributed by atoms with E-state index in [1.807, 2.05) is 0 Å². The van der Waals surface area contributed by atoms with Crippen molar-refractivity contribution in [2.75, 3.05) is 5.32 Å². The van der Waals surface area contributed by atoms with Crippen molar-refractivity contribution < 1.29 is 22.7 Å². The number of ether oxygens (including phenoxy) is 1. The number of alkyl halides is 3. The molecule has 0 fully saturated rings. The van der Waals surface area contributed by atoms with Gasteiger partial charge in [-0.25, -0.2) is 4.79 Å². The molecule has 142 valence electrons. The van der Waals surface area contributed by atoms with E-state index in [4.69, 9.17) is 4.74 Å². The fourth-order valence-corrected chi connectivity index (χ4v) is 2.68. The number of rotatable bonds is 3. The van der Waals surface area contributed by atoms with Crippen LogP contribution < -0.4 is 5.32 Å². The van der Waals surface area contributed by atoms with Crippen LogP contribution in [0.1, 0.15) is 43.5 Å². The molecular formula is C18H22F3N3O2. The van der Waals surface area contributed by atoms with E-state index in [1.165, 1.54) is 30.6 Å². The molecule has 1 heterocycles. The van der Waals surface area contributed by atoms with Crippen molar-refractivity contribution in [3.63, 3.8) is 0 Å². The molecule has 26 heavy (non-hydrogen) atoms. The van der Waals surface area contributed by atoms with Crippen LogP contribution in [0.4, 0.5) is 23.7 Å². The predicted octanol–water partition coefficient (Wildman–Crippen LogP) is 5.00. The molecule has 1 N–H and O–H groups in total. The van der Waals surface area contributed by atoms with Crippen LogP contribution in [0.25, 0.3) is 0 Å². The summed E-state index contributed by atoms with van der Waals surface area (Å²) in [5.41, 5.74) is 0.822. The maximum atomic E-state index is 13.6. The van der Waals surface area contributed by atoms with Crippen molar-refractivity contribution in [3.8, 4) is 0 Å². The quantitative estimate of drug-likeness (QED) is 0.828. The number of aromatic nitrogens is 2. The third-order valence-electron chi connectivity index (χ3n) is 3.60. The highest BCUT2D eigenvalue weighted by Crippen LogP contribution is 2.37. The van der Waals surface area contributed by atoms with Gasteiger partial charge in [0.15, 0.2) is 6.04 Å². The highest BCUT2D eigenvalue weighted by Gasteiger charge is 2.43. The number of halogens is 3. The van der Waals surface area contributed by atoms with Crippen molar-refractivity contribution >= 4 is 11.8 Å². The summed E-state index contributed by atoms with van der Waals surface area (Å²) in [7, 11) is 0. The van der Waals surface area contributed by atoms with Crippen molar-refractivity contribution in [3.05, 3.63) is 47.3 Å². The molecule has 0 radical (unpaired) electrons. The lowest BCUT2D eigenvalue weighted by molar-refractivity contribution is -0.159. The lowest BCUT2D eigenvalue weighted by Crippen LogP contribution is -2.29. The first-order chi connectivity index (χ1) is 11.9. The van der Waals surface area contributed by atoms with E-state index in [0.717, 1.165) is 4.68 Å². The summed E-state index contributed by atoms with van der Waals surface area (Å²) in [5.74, 6) is 0. The topological polar surface area (TPSA) is 56.2 Å². The molecule has 2 aromatic rings. The van der Waals surface area contributed by atoms with Crippen molar-refractivity contribution in [2.24, 2.45) is 0 Å². The summed E-state index contributed by atoms with van der Waals surface area (Å²) in [4.78, 5) is 12.0. The maximum absolute atomic E-state index is 13.6. The minimum absolute atomic E-state index is 0.0472. The second-order valence-corrected chi connectivity index (χ2v) is 7.09. The van der Waals surface area contributed by atoms with Gasteiger partial charge in [-0.05, 0) is 57.4 Å². The minimum atomic E-state index is -4.51. The monoisotopic (exact) mass is 369 g/mol. The Morgan fingerprint density at radius 1 is 1.19 bits per heavy atom. The van der Waals surface area contributed by atoms with Crippen LogP contribution in [0.5, 0.6) is 0 Å². The van der Waals surface area contributed by atoms with Gasteiger partial charge in [-0.1, -0.05) is 12.1 Å².